The van der Waals surface area contributed by atoms with Crippen LogP contribution in [-0.2, 0) is 21.0 Å². The van der Waals surface area contributed by atoms with Crippen LogP contribution in [-0.4, -0.2) is 47.2 Å². The summed E-state index contributed by atoms with van der Waals surface area (Å²) in [4.78, 5) is 20.4. The molecule has 4 N–H and O–H groups in total. The van der Waals surface area contributed by atoms with Crippen molar-refractivity contribution in [3.05, 3.63) is 54.5 Å². The van der Waals surface area contributed by atoms with E-state index in [1.807, 2.05) is 0 Å². The number of nitrogens with two attached hydrogens (primary N) is 1. The molecule has 0 aliphatic rings. The van der Waals surface area contributed by atoms with Crippen LogP contribution < -0.4 is 10.5 Å². The Morgan fingerprint density at radius 1 is 0.972 bits per heavy atom. The standard InChI is InChI=1S/C18H16F3N5O2S.C2HF3O2/c1-2-26-29(27,28)16-7-13(18(19,20)21)4-5-14(16)11-3-6-15(23-8-11)12-9-24-17(22)25-10-12;3-2(4,5)1(6)7/h3-10,26H,2H2,1H3,(H2,22,24,25);(H,6,7). The van der Waals surface area contributed by atoms with Crippen LogP contribution in [0.5, 0.6) is 0 Å². The number of nitrogens with zero attached hydrogens (tertiary/aromatic N) is 3. The van der Waals surface area contributed by atoms with Crippen molar-refractivity contribution in [1.29, 1.82) is 0 Å². The number of hydrogen-bond acceptors (Lipinski definition) is 7. The molecule has 16 heteroatoms. The fraction of sp³-hybridized carbons (Fsp3) is 0.200. The van der Waals surface area contributed by atoms with E-state index in [0.717, 1.165) is 12.1 Å². The molecule has 9 nitrogen and oxygen atoms in total. The van der Waals surface area contributed by atoms with E-state index >= 15 is 0 Å². The van der Waals surface area contributed by atoms with Crippen molar-refractivity contribution in [3.63, 3.8) is 0 Å². The highest BCUT2D eigenvalue weighted by Crippen LogP contribution is 2.35. The van der Waals surface area contributed by atoms with Crippen molar-refractivity contribution in [1.82, 2.24) is 19.7 Å². The van der Waals surface area contributed by atoms with E-state index in [1.165, 1.54) is 25.5 Å². The predicted octanol–water partition coefficient (Wildman–Crippen LogP) is 3.74. The summed E-state index contributed by atoms with van der Waals surface area (Å²) in [6.07, 6.45) is -5.43. The Morgan fingerprint density at radius 2 is 1.53 bits per heavy atom. The van der Waals surface area contributed by atoms with Crippen molar-refractivity contribution in [3.8, 4) is 22.4 Å². The lowest BCUT2D eigenvalue weighted by atomic mass is 10.0. The van der Waals surface area contributed by atoms with Gasteiger partial charge in [-0.25, -0.2) is 27.9 Å². The van der Waals surface area contributed by atoms with E-state index in [1.54, 1.807) is 12.1 Å². The van der Waals surface area contributed by atoms with Gasteiger partial charge in [0.1, 0.15) is 0 Å². The molecule has 0 aliphatic carbocycles. The number of aromatic nitrogens is 3. The number of carbonyl (C=O) groups is 1. The fourth-order valence-electron chi connectivity index (χ4n) is 2.62. The van der Waals surface area contributed by atoms with Gasteiger partial charge in [0.15, 0.2) is 0 Å². The monoisotopic (exact) mass is 537 g/mol. The van der Waals surface area contributed by atoms with Gasteiger partial charge in [-0.15, -0.1) is 0 Å². The van der Waals surface area contributed by atoms with Crippen LogP contribution in [0.15, 0.2) is 53.8 Å². The van der Waals surface area contributed by atoms with Gasteiger partial charge in [0.05, 0.1) is 16.2 Å². The molecule has 0 saturated carbocycles. The minimum atomic E-state index is -5.08. The Morgan fingerprint density at radius 3 is 1.97 bits per heavy atom. The molecular weight excluding hydrogens is 520 g/mol. The maximum Gasteiger partial charge on any atom is 0.490 e. The maximum atomic E-state index is 13.1. The Kier molecular flexibility index (Phi) is 8.58. The average molecular weight is 537 g/mol. The van der Waals surface area contributed by atoms with Crippen LogP contribution in [0.1, 0.15) is 12.5 Å². The number of anilines is 1. The first-order chi connectivity index (χ1) is 16.6. The maximum absolute atomic E-state index is 13.1. The number of pyridine rings is 1. The van der Waals surface area contributed by atoms with Crippen LogP contribution in [0.25, 0.3) is 22.4 Å². The number of halogens is 6. The topological polar surface area (TPSA) is 148 Å². The molecule has 0 unspecified atom stereocenters. The molecule has 0 amide bonds. The van der Waals surface area contributed by atoms with E-state index in [-0.39, 0.29) is 18.1 Å². The third-order valence-corrected chi connectivity index (χ3v) is 5.80. The predicted molar refractivity (Wildman–Crippen MR) is 115 cm³/mol. The Labute approximate surface area is 200 Å². The van der Waals surface area contributed by atoms with Crippen LogP contribution in [0.4, 0.5) is 32.3 Å². The molecule has 3 rings (SSSR count). The molecule has 0 fully saturated rings. The van der Waals surface area contributed by atoms with Crippen LogP contribution in [0, 0.1) is 0 Å². The molecule has 2 heterocycles. The molecule has 0 bridgehead atoms. The zero-order valence-corrected chi connectivity index (χ0v) is 18.9. The lowest BCUT2D eigenvalue weighted by Gasteiger charge is -2.14. The summed E-state index contributed by atoms with van der Waals surface area (Å²) in [7, 11) is -4.15. The van der Waals surface area contributed by atoms with E-state index in [0.29, 0.717) is 22.9 Å². The SMILES string of the molecule is CCNS(=O)(=O)c1cc(C(F)(F)F)ccc1-c1ccc(-c2cnc(N)nc2)nc1.O=C(O)C(F)(F)F. The Balaban J connectivity index is 0.000000572. The van der Waals surface area contributed by atoms with Gasteiger partial charge in [-0.05, 0) is 18.2 Å². The molecule has 0 aliphatic heterocycles. The number of sulfonamides is 1. The summed E-state index contributed by atoms with van der Waals surface area (Å²) in [6.45, 7) is 1.57. The first-order valence-corrected chi connectivity index (χ1v) is 11.1. The van der Waals surface area contributed by atoms with Gasteiger partial charge in [0.25, 0.3) is 0 Å². The zero-order chi connectivity index (χ0) is 27.3. The summed E-state index contributed by atoms with van der Waals surface area (Å²) >= 11 is 0. The van der Waals surface area contributed by atoms with E-state index in [2.05, 4.69) is 19.7 Å². The van der Waals surface area contributed by atoms with E-state index < -0.39 is 38.8 Å². The lowest BCUT2D eigenvalue weighted by Crippen LogP contribution is -2.24. The van der Waals surface area contributed by atoms with Crippen molar-refractivity contribution in [2.24, 2.45) is 0 Å². The Bertz CT molecular complexity index is 1310. The molecule has 0 atom stereocenters. The van der Waals surface area contributed by atoms with Gasteiger partial charge in [-0.1, -0.05) is 19.1 Å². The number of benzene rings is 1. The number of nitrogen functional groups attached to an aromatic ring is 1. The number of hydrogen-bond donors (Lipinski definition) is 3. The molecule has 2 aromatic heterocycles. The van der Waals surface area contributed by atoms with Crippen LogP contribution in [0.2, 0.25) is 0 Å². The second kappa shape index (κ2) is 10.9. The summed E-state index contributed by atoms with van der Waals surface area (Å²) in [5.74, 6) is -2.65. The molecule has 0 radical (unpaired) electrons. The van der Waals surface area contributed by atoms with Crippen molar-refractivity contribution >= 4 is 21.9 Å². The first-order valence-electron chi connectivity index (χ1n) is 9.61. The number of rotatable bonds is 5. The zero-order valence-electron chi connectivity index (χ0n) is 18.1. The first kappa shape index (κ1) is 28.4. The normalized spacial score (nSPS) is 12.0. The van der Waals surface area contributed by atoms with Crippen LogP contribution >= 0.6 is 0 Å². The fourth-order valence-corrected chi connectivity index (χ4v) is 3.91. The van der Waals surface area contributed by atoms with Gasteiger partial charge in [-0.2, -0.15) is 26.3 Å². The molecule has 1 aromatic carbocycles. The molecule has 3 aromatic rings. The van der Waals surface area contributed by atoms with Gasteiger partial charge in [-0.3, -0.25) is 4.98 Å². The van der Waals surface area contributed by atoms with Gasteiger partial charge < -0.3 is 10.8 Å². The number of carboxylic acids is 1. The summed E-state index contributed by atoms with van der Waals surface area (Å²) in [5.41, 5.74) is 5.92. The number of alkyl halides is 6. The lowest BCUT2D eigenvalue weighted by molar-refractivity contribution is -0.192. The highest BCUT2D eigenvalue weighted by Gasteiger charge is 2.38. The van der Waals surface area contributed by atoms with Gasteiger partial charge >= 0.3 is 18.3 Å². The smallest absolute Gasteiger partial charge is 0.475 e. The van der Waals surface area contributed by atoms with Crippen molar-refractivity contribution < 1.29 is 44.7 Å². The highest BCUT2D eigenvalue weighted by molar-refractivity contribution is 7.89. The molecule has 36 heavy (non-hydrogen) atoms. The summed E-state index contributed by atoms with van der Waals surface area (Å²) in [5, 5.41) is 7.12. The van der Waals surface area contributed by atoms with Gasteiger partial charge in [0.2, 0.25) is 16.0 Å². The summed E-state index contributed by atoms with van der Waals surface area (Å²) in [6, 6.07) is 5.73. The number of nitrogens with one attached hydrogen (secondary N) is 1. The number of carboxylic acid groups (broad SMARTS) is 1. The molecule has 194 valence electrons. The Hall–Kier alpha value is -3.79. The number of aliphatic carboxylic acids is 1. The van der Waals surface area contributed by atoms with E-state index in [9.17, 15) is 34.8 Å². The largest absolute Gasteiger partial charge is 0.490 e. The second-order valence-corrected chi connectivity index (χ2v) is 8.51. The van der Waals surface area contributed by atoms with E-state index in [4.69, 9.17) is 15.6 Å². The third-order valence-electron chi connectivity index (χ3n) is 4.22. The minimum absolute atomic E-state index is 0.0341. The van der Waals surface area contributed by atoms with Crippen LogP contribution in [0.3, 0.4) is 0 Å². The summed E-state index contributed by atoms with van der Waals surface area (Å²) < 4.78 is 98.2. The van der Waals surface area contributed by atoms with Crippen molar-refractivity contribution in [2.75, 3.05) is 12.3 Å². The minimum Gasteiger partial charge on any atom is -0.475 e. The average Bonchev–Trinajstić information content (AvgIpc) is 2.78. The highest BCUT2D eigenvalue weighted by atomic mass is 32.2. The molecule has 0 spiro atoms. The quantitative estimate of drug-likeness (QED) is 0.417. The van der Waals surface area contributed by atoms with Crippen molar-refractivity contribution in [2.45, 2.75) is 24.2 Å². The van der Waals surface area contributed by atoms with Gasteiger partial charge in [0, 0.05) is 41.8 Å². The molecular formula is C20H17F6N5O4S. The third kappa shape index (κ3) is 7.35. The molecule has 0 saturated heterocycles. The second-order valence-electron chi connectivity index (χ2n) is 6.77.